The Balaban J connectivity index is 2.43. The van der Waals surface area contributed by atoms with Crippen molar-refractivity contribution in [1.29, 1.82) is 0 Å². The van der Waals surface area contributed by atoms with Crippen LogP contribution in [0, 0.1) is 5.41 Å². The zero-order chi connectivity index (χ0) is 21.1. The van der Waals surface area contributed by atoms with E-state index in [2.05, 4.69) is 30.6 Å². The van der Waals surface area contributed by atoms with Gasteiger partial charge < -0.3 is 20.1 Å². The van der Waals surface area contributed by atoms with E-state index in [-0.39, 0.29) is 6.04 Å². The Kier molecular flexibility index (Phi) is 6.97. The van der Waals surface area contributed by atoms with Crippen LogP contribution < -0.4 is 5.32 Å². The van der Waals surface area contributed by atoms with Gasteiger partial charge >= 0.3 is 5.97 Å². The van der Waals surface area contributed by atoms with E-state index in [0.29, 0.717) is 18.4 Å². The molecule has 0 aromatic heterocycles. The van der Waals surface area contributed by atoms with Crippen LogP contribution in [-0.2, 0) is 9.53 Å². The van der Waals surface area contributed by atoms with Crippen molar-refractivity contribution >= 4 is 11.7 Å². The molecule has 1 unspecified atom stereocenters. The summed E-state index contributed by atoms with van der Waals surface area (Å²) in [7, 11) is 0. The van der Waals surface area contributed by atoms with Gasteiger partial charge in [0.15, 0.2) is 6.10 Å². The van der Waals surface area contributed by atoms with Crippen LogP contribution in [0.1, 0.15) is 60.8 Å². The fourth-order valence-corrected chi connectivity index (χ4v) is 3.88. The molecule has 28 heavy (non-hydrogen) atoms. The predicted octanol–water partition coefficient (Wildman–Crippen LogP) is 3.60. The lowest BCUT2D eigenvalue weighted by atomic mass is 9.81. The second-order valence-corrected chi connectivity index (χ2v) is 9.64. The zero-order valence-electron chi connectivity index (χ0n) is 18.3. The molecule has 1 fully saturated rings. The molecule has 0 saturated carbocycles. The van der Waals surface area contributed by atoms with E-state index in [1.54, 1.807) is 6.20 Å². The highest BCUT2D eigenvalue weighted by Gasteiger charge is 2.37. The summed E-state index contributed by atoms with van der Waals surface area (Å²) >= 11 is 0. The Morgan fingerprint density at radius 1 is 1.43 bits per heavy atom. The number of ether oxygens (including phenoxy) is 1. The van der Waals surface area contributed by atoms with Crippen LogP contribution >= 0.6 is 0 Å². The highest BCUT2D eigenvalue weighted by molar-refractivity contribution is 6.05. The average molecular weight is 392 g/mol. The average Bonchev–Trinajstić information content (AvgIpc) is 2.57. The molecule has 0 amide bonds. The van der Waals surface area contributed by atoms with Gasteiger partial charge in [0.25, 0.3) is 0 Å². The van der Waals surface area contributed by atoms with Crippen molar-refractivity contribution in [3.63, 3.8) is 0 Å². The number of carbonyl (C=O) groups is 1. The van der Waals surface area contributed by atoms with Crippen LogP contribution in [0.4, 0.5) is 0 Å². The lowest BCUT2D eigenvalue weighted by molar-refractivity contribution is -0.155. The smallest absolute Gasteiger partial charge is 0.337 e. The van der Waals surface area contributed by atoms with Crippen LogP contribution in [0.5, 0.6) is 0 Å². The molecule has 0 spiro atoms. The maximum Gasteiger partial charge on any atom is 0.337 e. The number of rotatable bonds is 7. The monoisotopic (exact) mass is 391 g/mol. The summed E-state index contributed by atoms with van der Waals surface area (Å²) < 4.78 is 5.99. The molecule has 2 heterocycles. The van der Waals surface area contributed by atoms with Crippen LogP contribution in [-0.4, -0.2) is 59.1 Å². The van der Waals surface area contributed by atoms with Gasteiger partial charge in [-0.1, -0.05) is 20.4 Å². The molecular formula is C22H37N3O3. The summed E-state index contributed by atoms with van der Waals surface area (Å²) in [6.45, 7) is 18.4. The lowest BCUT2D eigenvalue weighted by Crippen LogP contribution is -2.44. The second-order valence-electron chi connectivity index (χ2n) is 9.64. The van der Waals surface area contributed by atoms with Gasteiger partial charge in [-0.05, 0) is 52.2 Å². The SMILES string of the molecule is C=CNCC1CC(N2CCC(C)(C)CC2)=C([C@H](OC(C)(C)C)C(=O)O)C(C)=N1. The largest absolute Gasteiger partial charge is 0.479 e. The maximum absolute atomic E-state index is 12.1. The van der Waals surface area contributed by atoms with Crippen LogP contribution in [0.15, 0.2) is 29.0 Å². The Labute approximate surface area is 169 Å². The third-order valence-electron chi connectivity index (χ3n) is 5.46. The number of dihydropyridines is 1. The van der Waals surface area contributed by atoms with Gasteiger partial charge in [-0.3, -0.25) is 4.99 Å². The van der Waals surface area contributed by atoms with Crippen molar-refractivity contribution in [2.75, 3.05) is 19.6 Å². The van der Waals surface area contributed by atoms with Gasteiger partial charge in [0.05, 0.1) is 11.6 Å². The number of hydrogen-bond acceptors (Lipinski definition) is 5. The van der Waals surface area contributed by atoms with Gasteiger partial charge in [0.2, 0.25) is 0 Å². The first kappa shape index (κ1) is 22.5. The topological polar surface area (TPSA) is 74.2 Å². The summed E-state index contributed by atoms with van der Waals surface area (Å²) in [5.41, 5.74) is 2.34. The fraction of sp³-hybridized carbons (Fsp3) is 0.727. The summed E-state index contributed by atoms with van der Waals surface area (Å²) in [5, 5.41) is 13.1. The summed E-state index contributed by atoms with van der Waals surface area (Å²) in [4.78, 5) is 19.3. The summed E-state index contributed by atoms with van der Waals surface area (Å²) in [6.07, 6.45) is 3.56. The number of likely N-dealkylation sites (tertiary alicyclic amines) is 1. The Morgan fingerprint density at radius 2 is 2.04 bits per heavy atom. The van der Waals surface area contributed by atoms with Crippen molar-refractivity contribution in [2.45, 2.75) is 78.6 Å². The van der Waals surface area contributed by atoms with E-state index in [1.165, 1.54) is 0 Å². The number of aliphatic carboxylic acids is 1. The molecule has 2 aliphatic rings. The minimum Gasteiger partial charge on any atom is -0.479 e. The standard InChI is InChI=1S/C22H37N3O3/c1-8-23-14-16-13-17(25-11-9-22(6,7)10-12-25)18(15(2)24-16)19(20(26)27)28-21(3,4)5/h8,16,19,23H,1,9-14H2,2-7H3,(H,26,27)/t16?,19-/m0/s1. The first-order valence-electron chi connectivity index (χ1n) is 10.2. The highest BCUT2D eigenvalue weighted by atomic mass is 16.5. The molecule has 2 N–H and O–H groups in total. The molecule has 0 aromatic carbocycles. The molecule has 2 rings (SSSR count). The summed E-state index contributed by atoms with van der Waals surface area (Å²) in [5.74, 6) is -0.961. The Hall–Kier alpha value is -1.82. The van der Waals surface area contributed by atoms with Crippen LogP contribution in [0.2, 0.25) is 0 Å². The molecule has 6 nitrogen and oxygen atoms in total. The van der Waals surface area contributed by atoms with Gasteiger partial charge in [0.1, 0.15) is 0 Å². The van der Waals surface area contributed by atoms with Gasteiger partial charge in [-0.2, -0.15) is 0 Å². The van der Waals surface area contributed by atoms with E-state index < -0.39 is 17.7 Å². The third kappa shape index (κ3) is 5.84. The number of hydrogen-bond donors (Lipinski definition) is 2. The van der Waals surface area contributed by atoms with Crippen molar-refractivity contribution in [2.24, 2.45) is 10.4 Å². The molecule has 0 bridgehead atoms. The first-order chi connectivity index (χ1) is 12.9. The Bertz CT molecular complexity index is 648. The van der Waals surface area contributed by atoms with E-state index in [0.717, 1.165) is 42.9 Å². The van der Waals surface area contributed by atoms with E-state index in [1.807, 2.05) is 27.7 Å². The normalized spacial score (nSPS) is 23.9. The van der Waals surface area contributed by atoms with Crippen molar-refractivity contribution in [3.8, 4) is 0 Å². The maximum atomic E-state index is 12.1. The predicted molar refractivity (Wildman–Crippen MR) is 114 cm³/mol. The minimum atomic E-state index is -1.01. The fourth-order valence-electron chi connectivity index (χ4n) is 3.88. The van der Waals surface area contributed by atoms with Gasteiger partial charge in [-0.15, -0.1) is 0 Å². The van der Waals surface area contributed by atoms with Crippen LogP contribution in [0.25, 0.3) is 0 Å². The second kappa shape index (κ2) is 8.68. The van der Waals surface area contributed by atoms with Crippen molar-refractivity contribution in [1.82, 2.24) is 10.2 Å². The number of carboxylic acid groups (broad SMARTS) is 1. The molecule has 2 aliphatic heterocycles. The lowest BCUT2D eigenvalue weighted by Gasteiger charge is -2.42. The quantitative estimate of drug-likeness (QED) is 0.694. The number of nitrogens with one attached hydrogen (secondary N) is 1. The van der Waals surface area contributed by atoms with E-state index in [4.69, 9.17) is 9.73 Å². The first-order valence-corrected chi connectivity index (χ1v) is 10.2. The van der Waals surface area contributed by atoms with Crippen molar-refractivity contribution in [3.05, 3.63) is 24.0 Å². The molecular weight excluding hydrogens is 354 g/mol. The summed E-state index contributed by atoms with van der Waals surface area (Å²) in [6, 6.07) is 0.0655. The van der Waals surface area contributed by atoms with E-state index in [9.17, 15) is 9.90 Å². The highest BCUT2D eigenvalue weighted by Crippen LogP contribution is 2.36. The molecule has 158 valence electrons. The minimum absolute atomic E-state index is 0.0655. The van der Waals surface area contributed by atoms with E-state index >= 15 is 0 Å². The molecule has 0 aromatic rings. The molecule has 0 aliphatic carbocycles. The molecule has 6 heteroatoms. The molecule has 0 radical (unpaired) electrons. The van der Waals surface area contributed by atoms with Crippen LogP contribution in [0.3, 0.4) is 0 Å². The number of carboxylic acids is 1. The number of aliphatic imine (C=N–C) groups is 1. The third-order valence-corrected chi connectivity index (χ3v) is 5.46. The molecule has 2 atom stereocenters. The van der Waals surface area contributed by atoms with Gasteiger partial charge in [-0.25, -0.2) is 4.79 Å². The number of piperidine rings is 1. The van der Waals surface area contributed by atoms with Crippen molar-refractivity contribution < 1.29 is 14.6 Å². The zero-order valence-corrected chi connectivity index (χ0v) is 18.3. The van der Waals surface area contributed by atoms with Gasteiger partial charge in [0, 0.05) is 43.0 Å². The molecule has 1 saturated heterocycles. The number of nitrogens with zero attached hydrogens (tertiary/aromatic N) is 2. The Morgan fingerprint density at radius 3 is 2.54 bits per heavy atom.